The number of carbonyl (C=O) groups is 5. The van der Waals surface area contributed by atoms with E-state index in [1.165, 1.54) is 32.5 Å². The fraction of sp³-hybridized carbons (Fsp3) is 0.468. The molecule has 7 rings (SSSR count). The number of rotatable bonds is 14. The highest BCUT2D eigenvalue weighted by molar-refractivity contribution is 7.99. The number of benzene rings is 2. The van der Waals surface area contributed by atoms with Crippen LogP contribution in [0, 0.1) is 5.92 Å². The molecule has 1 unspecified atom stereocenters. The summed E-state index contributed by atoms with van der Waals surface area (Å²) in [6.45, 7) is 7.92. The lowest BCUT2D eigenvalue weighted by Gasteiger charge is -2.42. The number of pyridine rings is 1. The number of likely N-dealkylation sites (tertiary alicyclic amines) is 2. The van der Waals surface area contributed by atoms with Crippen molar-refractivity contribution in [3.63, 3.8) is 0 Å². The smallest absolute Gasteiger partial charge is 0.453 e. The van der Waals surface area contributed by atoms with Crippen molar-refractivity contribution in [1.29, 1.82) is 0 Å². The van der Waals surface area contributed by atoms with E-state index in [1.54, 1.807) is 69.1 Å². The summed E-state index contributed by atoms with van der Waals surface area (Å²) in [5, 5.41) is 5.49. The van der Waals surface area contributed by atoms with E-state index in [0.717, 1.165) is 12.5 Å². The number of alkyl carbamates (subject to hydrolysis) is 1. The Bertz CT molecular complexity index is 2460. The molecule has 4 aromatic rings. The van der Waals surface area contributed by atoms with Gasteiger partial charge in [-0.25, -0.2) is 14.8 Å². The summed E-state index contributed by atoms with van der Waals surface area (Å²) in [4.78, 5) is 85.0. The molecule has 0 aliphatic carbocycles. The van der Waals surface area contributed by atoms with Gasteiger partial charge in [0.15, 0.2) is 0 Å². The number of aromatic amines is 1. The molecule has 3 N–H and O–H groups in total. The van der Waals surface area contributed by atoms with Crippen LogP contribution in [0.25, 0.3) is 22.4 Å². The molecule has 68 heavy (non-hydrogen) atoms. The van der Waals surface area contributed by atoms with E-state index < -0.39 is 42.2 Å². The lowest BCUT2D eigenvalue weighted by Crippen LogP contribution is -2.58. The van der Waals surface area contributed by atoms with Crippen molar-refractivity contribution >= 4 is 53.0 Å². The summed E-state index contributed by atoms with van der Waals surface area (Å²) in [6.07, 6.45) is 1.30. The minimum absolute atomic E-state index is 0.0725. The number of hydrogen-bond acceptors (Lipinski definition) is 12. The van der Waals surface area contributed by atoms with Gasteiger partial charge in [0.05, 0.1) is 36.9 Å². The minimum atomic E-state index is -5.05. The van der Waals surface area contributed by atoms with Gasteiger partial charge in [0.25, 0.3) is 5.91 Å². The number of carbonyl (C=O) groups excluding carboxylic acids is 5. The predicted molar refractivity (Wildman–Crippen MR) is 249 cm³/mol. The normalized spacial score (nSPS) is 20.1. The van der Waals surface area contributed by atoms with Crippen molar-refractivity contribution in [3.05, 3.63) is 78.4 Å². The third-order valence-electron chi connectivity index (χ3n) is 12.5. The van der Waals surface area contributed by atoms with E-state index in [0.29, 0.717) is 79.7 Å². The van der Waals surface area contributed by atoms with Crippen LogP contribution >= 0.6 is 11.8 Å². The molecule has 364 valence electrons. The molecule has 3 aliphatic heterocycles. The van der Waals surface area contributed by atoms with Gasteiger partial charge in [0.1, 0.15) is 36.1 Å². The number of piperazine rings is 1. The number of aromatic nitrogens is 3. The van der Waals surface area contributed by atoms with Crippen LogP contribution in [0.5, 0.6) is 5.75 Å². The lowest BCUT2D eigenvalue weighted by atomic mass is 10.00. The van der Waals surface area contributed by atoms with Crippen molar-refractivity contribution in [2.24, 2.45) is 5.92 Å². The van der Waals surface area contributed by atoms with Gasteiger partial charge in [-0.15, -0.1) is 13.2 Å². The number of thioether (sulfide) groups is 1. The average molecular weight is 964 g/mol. The second kappa shape index (κ2) is 21.3. The Balaban J connectivity index is 1.01. The third kappa shape index (κ3) is 11.3. The molecule has 3 saturated heterocycles. The van der Waals surface area contributed by atoms with E-state index in [4.69, 9.17) is 9.47 Å². The Morgan fingerprint density at radius 2 is 1.68 bits per heavy atom. The summed E-state index contributed by atoms with van der Waals surface area (Å²) >= 11 is 1.64. The molecular formula is C47H56F3N9O8S. The zero-order chi connectivity index (χ0) is 48.9. The van der Waals surface area contributed by atoms with Gasteiger partial charge in [-0.1, -0.05) is 38.1 Å². The molecule has 3 aliphatic rings. The molecule has 5 atom stereocenters. The molecule has 17 nitrogen and oxygen atoms in total. The van der Waals surface area contributed by atoms with E-state index in [1.807, 2.05) is 31.9 Å². The van der Waals surface area contributed by atoms with E-state index in [-0.39, 0.29) is 52.7 Å². The number of methoxy groups -OCH3 is 2. The topological polar surface area (TPSA) is 192 Å². The quantitative estimate of drug-likeness (QED) is 0.127. The molecule has 2 aromatic carbocycles. The summed E-state index contributed by atoms with van der Waals surface area (Å²) < 4.78 is 55.6. The highest BCUT2D eigenvalue weighted by Gasteiger charge is 2.42. The number of imidazole rings is 1. The van der Waals surface area contributed by atoms with Crippen molar-refractivity contribution in [2.75, 3.05) is 70.0 Å². The van der Waals surface area contributed by atoms with Gasteiger partial charge in [-0.3, -0.25) is 19.2 Å². The molecule has 5 heterocycles. The number of hydrogen-bond donors (Lipinski definition) is 3. The predicted octanol–water partition coefficient (Wildman–Crippen LogP) is 6.35. The molecule has 2 aromatic heterocycles. The van der Waals surface area contributed by atoms with Crippen molar-refractivity contribution < 1.29 is 51.4 Å². The number of ether oxygens (including phenoxy) is 3. The Hall–Kier alpha value is -6.35. The fourth-order valence-electron chi connectivity index (χ4n) is 9.01. The van der Waals surface area contributed by atoms with Crippen LogP contribution in [-0.2, 0) is 23.9 Å². The zero-order valence-corrected chi connectivity index (χ0v) is 39.5. The van der Waals surface area contributed by atoms with Gasteiger partial charge in [-0.05, 0) is 79.8 Å². The molecule has 0 bridgehead atoms. The fourth-order valence-corrected chi connectivity index (χ4v) is 9.70. The first-order chi connectivity index (χ1) is 32.5. The van der Waals surface area contributed by atoms with Crippen LogP contribution < -0.4 is 20.3 Å². The Kier molecular flexibility index (Phi) is 15.5. The Morgan fingerprint density at radius 1 is 0.926 bits per heavy atom. The number of nitrogens with zero attached hydrogens (tertiary/aromatic N) is 6. The standard InChI is InChI=1S/C47H56F3N9O8S/c1-27(2)41(55-46(64)66-5)45(63)59-25-33(68-6)21-37(59)42-52-23-35(54-42)30-11-9-29(10-12-30)34-15-13-31(20-38(34)67-47(48,49)50)43(61)53-32-14-16-39(51-22-32)57-19-18-56(24-28(57)3)44(62)36-8-7-17-58(36)40(60)26-65-4/h9-16,20,22-23,27-28,33,36-37,41H,7-8,17-19,21,24-26H2,1-6H3,(H,52,54)(H,53,61)(H,55,64)/t28-,33+,36?,37+,41+/m1/s1. The van der Waals surface area contributed by atoms with Gasteiger partial charge < -0.3 is 49.4 Å². The van der Waals surface area contributed by atoms with E-state index in [2.05, 4.69) is 30.3 Å². The SMILES string of the molecule is COCC(=O)N1CCCC1C(=O)N1CCN(c2ccc(NC(=O)c3ccc(-c4ccc(-c5cnc([C@@H]6C[C@H](SC)CN6C(=O)[C@@H](NC(=O)OC)C(C)C)[nH]5)cc4)c(OC(F)(F)F)c3)cn2)[C@H](C)C1. The first-order valence-corrected chi connectivity index (χ1v) is 23.6. The second-order valence-electron chi connectivity index (χ2n) is 17.3. The number of alkyl halides is 3. The molecule has 21 heteroatoms. The maximum atomic E-state index is 13.8. The van der Waals surface area contributed by atoms with Crippen LogP contribution in [0.2, 0.25) is 0 Å². The molecule has 0 saturated carbocycles. The summed E-state index contributed by atoms with van der Waals surface area (Å²) in [5.41, 5.74) is 2.03. The second-order valence-corrected chi connectivity index (χ2v) is 18.5. The molecule has 3 fully saturated rings. The summed E-state index contributed by atoms with van der Waals surface area (Å²) in [5.74, 6) is -0.819. The highest BCUT2D eigenvalue weighted by atomic mass is 32.2. The van der Waals surface area contributed by atoms with Gasteiger partial charge >= 0.3 is 12.5 Å². The largest absolute Gasteiger partial charge is 0.573 e. The number of H-pyrrole nitrogens is 1. The number of nitrogens with one attached hydrogen (secondary N) is 3. The summed E-state index contributed by atoms with van der Waals surface area (Å²) in [6, 6.07) is 12.1. The maximum absolute atomic E-state index is 13.8. The van der Waals surface area contributed by atoms with Gasteiger partial charge in [-0.2, -0.15) is 11.8 Å². The third-order valence-corrected chi connectivity index (χ3v) is 13.5. The van der Waals surface area contributed by atoms with Crippen molar-refractivity contribution in [2.45, 2.75) is 75.8 Å². The average Bonchev–Trinajstić information content (AvgIpc) is 4.11. The maximum Gasteiger partial charge on any atom is 0.573 e. The van der Waals surface area contributed by atoms with Gasteiger partial charge in [0, 0.05) is 62.3 Å². The summed E-state index contributed by atoms with van der Waals surface area (Å²) in [7, 11) is 2.69. The van der Waals surface area contributed by atoms with Crippen molar-refractivity contribution in [1.82, 2.24) is 35.0 Å². The number of halogens is 3. The van der Waals surface area contributed by atoms with E-state index >= 15 is 0 Å². The first kappa shape index (κ1) is 49.6. The van der Waals surface area contributed by atoms with Crippen molar-refractivity contribution in [3.8, 4) is 28.1 Å². The molecule has 0 radical (unpaired) electrons. The Morgan fingerprint density at radius 3 is 2.32 bits per heavy atom. The van der Waals surface area contributed by atoms with Crippen LogP contribution in [0.1, 0.15) is 62.3 Å². The highest BCUT2D eigenvalue weighted by Crippen LogP contribution is 2.39. The van der Waals surface area contributed by atoms with E-state index in [9.17, 15) is 37.1 Å². The molecular weight excluding hydrogens is 908 g/mol. The molecule has 5 amide bonds. The lowest BCUT2D eigenvalue weighted by molar-refractivity contribution is -0.274. The van der Waals surface area contributed by atoms with Crippen LogP contribution in [0.15, 0.2) is 67.0 Å². The monoisotopic (exact) mass is 963 g/mol. The first-order valence-electron chi connectivity index (χ1n) is 22.3. The molecule has 0 spiro atoms. The van der Waals surface area contributed by atoms with Crippen LogP contribution in [-0.4, -0.2) is 149 Å². The van der Waals surface area contributed by atoms with Crippen LogP contribution in [0.4, 0.5) is 29.5 Å². The van der Waals surface area contributed by atoms with Gasteiger partial charge in [0.2, 0.25) is 17.7 Å². The Labute approximate surface area is 396 Å². The number of amides is 5. The zero-order valence-electron chi connectivity index (χ0n) is 38.7. The minimum Gasteiger partial charge on any atom is -0.453 e. The van der Waals surface area contributed by atoms with Crippen LogP contribution in [0.3, 0.4) is 0 Å². The number of anilines is 2.